The van der Waals surface area contributed by atoms with Gasteiger partial charge in [-0.05, 0) is 42.2 Å². The highest BCUT2D eigenvalue weighted by atomic mass is 35.5. The third-order valence-corrected chi connectivity index (χ3v) is 5.80. The van der Waals surface area contributed by atoms with Crippen molar-refractivity contribution < 1.29 is 18.4 Å². The SMILES string of the molecule is O=C(c1ccc(F)c(F)c1)N1CCN(C(=O)[C@@H]2C[C@H]2c2ccccc2Cl)CC1. The summed E-state index contributed by atoms with van der Waals surface area (Å²) in [6, 6.07) is 10.7. The van der Waals surface area contributed by atoms with Crippen LogP contribution in [0.4, 0.5) is 8.78 Å². The van der Waals surface area contributed by atoms with E-state index >= 15 is 0 Å². The average molecular weight is 405 g/mol. The number of hydrogen-bond donors (Lipinski definition) is 0. The summed E-state index contributed by atoms with van der Waals surface area (Å²) in [7, 11) is 0. The fourth-order valence-electron chi connectivity index (χ4n) is 3.76. The third kappa shape index (κ3) is 3.61. The molecule has 1 heterocycles. The van der Waals surface area contributed by atoms with Crippen molar-refractivity contribution in [2.24, 2.45) is 5.92 Å². The van der Waals surface area contributed by atoms with Crippen molar-refractivity contribution in [3.63, 3.8) is 0 Å². The number of piperazine rings is 1. The second-order valence-corrected chi connectivity index (χ2v) is 7.62. The number of carbonyl (C=O) groups excluding carboxylic acids is 2. The van der Waals surface area contributed by atoms with E-state index in [0.717, 1.165) is 24.1 Å². The minimum Gasteiger partial charge on any atom is -0.339 e. The molecule has 2 aliphatic rings. The summed E-state index contributed by atoms with van der Waals surface area (Å²) in [5, 5.41) is 0.685. The highest BCUT2D eigenvalue weighted by molar-refractivity contribution is 6.31. The summed E-state index contributed by atoms with van der Waals surface area (Å²) < 4.78 is 26.4. The van der Waals surface area contributed by atoms with Crippen molar-refractivity contribution in [2.45, 2.75) is 12.3 Å². The highest BCUT2D eigenvalue weighted by Gasteiger charge is 2.46. The first-order valence-electron chi connectivity index (χ1n) is 9.23. The Morgan fingerprint density at radius 1 is 0.929 bits per heavy atom. The van der Waals surface area contributed by atoms with E-state index in [1.807, 2.05) is 24.3 Å². The Morgan fingerprint density at radius 3 is 2.29 bits per heavy atom. The van der Waals surface area contributed by atoms with E-state index in [9.17, 15) is 18.4 Å². The van der Waals surface area contributed by atoms with E-state index in [4.69, 9.17) is 11.6 Å². The van der Waals surface area contributed by atoms with E-state index in [1.165, 1.54) is 6.07 Å². The lowest BCUT2D eigenvalue weighted by molar-refractivity contribution is -0.134. The quantitative estimate of drug-likeness (QED) is 0.782. The molecule has 4 nitrogen and oxygen atoms in total. The van der Waals surface area contributed by atoms with Crippen molar-refractivity contribution in [3.05, 3.63) is 70.2 Å². The van der Waals surface area contributed by atoms with E-state index in [-0.39, 0.29) is 29.2 Å². The molecule has 28 heavy (non-hydrogen) atoms. The molecular formula is C21H19ClF2N2O2. The summed E-state index contributed by atoms with van der Waals surface area (Å²) >= 11 is 6.23. The second kappa shape index (κ2) is 7.51. The molecule has 2 amide bonds. The van der Waals surface area contributed by atoms with Gasteiger partial charge in [0.1, 0.15) is 0 Å². The van der Waals surface area contributed by atoms with Gasteiger partial charge in [0.2, 0.25) is 5.91 Å². The van der Waals surface area contributed by atoms with Gasteiger partial charge in [-0.15, -0.1) is 0 Å². The molecule has 7 heteroatoms. The molecule has 2 aromatic rings. The predicted molar refractivity (Wildman–Crippen MR) is 101 cm³/mol. The Labute approximate surface area is 166 Å². The molecule has 146 valence electrons. The van der Waals surface area contributed by atoms with Crippen LogP contribution in [0.25, 0.3) is 0 Å². The largest absolute Gasteiger partial charge is 0.339 e. The Hall–Kier alpha value is -2.47. The molecular weight excluding hydrogens is 386 g/mol. The Morgan fingerprint density at radius 2 is 1.61 bits per heavy atom. The lowest BCUT2D eigenvalue weighted by Crippen LogP contribution is -2.51. The molecule has 4 rings (SSSR count). The van der Waals surface area contributed by atoms with Gasteiger partial charge in [0.25, 0.3) is 5.91 Å². The first-order chi connectivity index (χ1) is 13.5. The summed E-state index contributed by atoms with van der Waals surface area (Å²) in [6.07, 6.45) is 0.788. The molecule has 2 aromatic carbocycles. The van der Waals surface area contributed by atoms with Crippen LogP contribution in [0, 0.1) is 17.6 Å². The number of rotatable bonds is 3. The number of amides is 2. The van der Waals surface area contributed by atoms with Crippen molar-refractivity contribution in [2.75, 3.05) is 26.2 Å². The first kappa shape index (κ1) is 18.9. The van der Waals surface area contributed by atoms with E-state index < -0.39 is 11.6 Å². The summed E-state index contributed by atoms with van der Waals surface area (Å²) in [5.41, 5.74) is 1.12. The summed E-state index contributed by atoms with van der Waals surface area (Å²) in [4.78, 5) is 28.6. The van der Waals surface area contributed by atoms with Crippen LogP contribution in [0.3, 0.4) is 0 Å². The topological polar surface area (TPSA) is 40.6 Å². The lowest BCUT2D eigenvalue weighted by atomic mass is 10.1. The number of hydrogen-bond acceptors (Lipinski definition) is 2. The van der Waals surface area contributed by atoms with E-state index in [2.05, 4.69) is 0 Å². The molecule has 0 unspecified atom stereocenters. The first-order valence-corrected chi connectivity index (χ1v) is 9.61. The Kier molecular flexibility index (Phi) is 5.06. The minimum absolute atomic E-state index is 0.0617. The molecule has 0 spiro atoms. The van der Waals surface area contributed by atoms with Gasteiger partial charge in [-0.2, -0.15) is 0 Å². The van der Waals surface area contributed by atoms with Crippen LogP contribution in [0.2, 0.25) is 5.02 Å². The van der Waals surface area contributed by atoms with Crippen molar-refractivity contribution in [1.29, 1.82) is 0 Å². The third-order valence-electron chi connectivity index (χ3n) is 5.46. The number of halogens is 3. The lowest BCUT2D eigenvalue weighted by Gasteiger charge is -2.35. The molecule has 0 N–H and O–H groups in total. The van der Waals surface area contributed by atoms with Gasteiger partial charge in [-0.3, -0.25) is 9.59 Å². The minimum atomic E-state index is -1.04. The van der Waals surface area contributed by atoms with Gasteiger partial charge >= 0.3 is 0 Å². The molecule has 2 atom stereocenters. The van der Waals surface area contributed by atoms with Crippen molar-refractivity contribution in [1.82, 2.24) is 9.80 Å². The zero-order valence-electron chi connectivity index (χ0n) is 15.1. The Balaban J connectivity index is 1.34. The van der Waals surface area contributed by atoms with Crippen molar-refractivity contribution >= 4 is 23.4 Å². The smallest absolute Gasteiger partial charge is 0.254 e. The summed E-state index contributed by atoms with van der Waals surface area (Å²) in [6.45, 7) is 1.60. The number of benzene rings is 2. The van der Waals surface area contributed by atoms with Crippen LogP contribution in [0.15, 0.2) is 42.5 Å². The van der Waals surface area contributed by atoms with Crippen LogP contribution in [0.1, 0.15) is 28.3 Å². The molecule has 1 saturated carbocycles. The molecule has 0 aromatic heterocycles. The van der Waals surface area contributed by atoms with Crippen LogP contribution < -0.4 is 0 Å². The molecule has 1 saturated heterocycles. The molecule has 1 aliphatic heterocycles. The van der Waals surface area contributed by atoms with E-state index in [0.29, 0.717) is 31.2 Å². The zero-order chi connectivity index (χ0) is 19.8. The highest BCUT2D eigenvalue weighted by Crippen LogP contribution is 2.50. The van der Waals surface area contributed by atoms with Crippen LogP contribution in [-0.4, -0.2) is 47.8 Å². The maximum atomic E-state index is 13.4. The fraction of sp³-hybridized carbons (Fsp3) is 0.333. The fourth-order valence-corrected chi connectivity index (χ4v) is 4.04. The molecule has 1 aliphatic carbocycles. The summed E-state index contributed by atoms with van der Waals surface area (Å²) in [5.74, 6) is -2.20. The van der Waals surface area contributed by atoms with E-state index in [1.54, 1.807) is 9.80 Å². The van der Waals surface area contributed by atoms with Gasteiger partial charge in [-0.25, -0.2) is 8.78 Å². The zero-order valence-corrected chi connectivity index (χ0v) is 15.8. The van der Waals surface area contributed by atoms with Crippen molar-refractivity contribution in [3.8, 4) is 0 Å². The average Bonchev–Trinajstić information content (AvgIpc) is 3.50. The molecule has 0 bridgehead atoms. The number of nitrogens with zero attached hydrogens (tertiary/aromatic N) is 2. The van der Waals surface area contributed by atoms with Gasteiger partial charge in [0.15, 0.2) is 11.6 Å². The standard InChI is InChI=1S/C21H19ClF2N2O2/c22-17-4-2-1-3-14(17)15-12-16(15)21(28)26-9-7-25(8-10-26)20(27)13-5-6-18(23)19(24)11-13/h1-6,11,15-16H,7-10,12H2/t15-,16+/m0/s1. The monoisotopic (exact) mass is 404 g/mol. The molecule has 2 fully saturated rings. The van der Waals surface area contributed by atoms with Gasteiger partial charge in [-0.1, -0.05) is 29.8 Å². The molecule has 0 radical (unpaired) electrons. The van der Waals surface area contributed by atoms with Gasteiger partial charge < -0.3 is 9.80 Å². The second-order valence-electron chi connectivity index (χ2n) is 7.22. The van der Waals surface area contributed by atoms with Crippen LogP contribution >= 0.6 is 11.6 Å². The maximum Gasteiger partial charge on any atom is 0.254 e. The normalized spacial score (nSPS) is 21.5. The van der Waals surface area contributed by atoms with Crippen LogP contribution in [0.5, 0.6) is 0 Å². The predicted octanol–water partition coefficient (Wildman–Crippen LogP) is 3.71. The Bertz CT molecular complexity index is 928. The maximum absolute atomic E-state index is 13.4. The van der Waals surface area contributed by atoms with Crippen LogP contribution in [-0.2, 0) is 4.79 Å². The van der Waals surface area contributed by atoms with Gasteiger partial charge in [0.05, 0.1) is 0 Å². The number of carbonyl (C=O) groups is 2. The van der Waals surface area contributed by atoms with Gasteiger partial charge in [0, 0.05) is 42.7 Å².